The quantitative estimate of drug-likeness (QED) is 0.867. The van der Waals surface area contributed by atoms with Crippen LogP contribution in [0, 0.1) is 6.92 Å². The van der Waals surface area contributed by atoms with Gasteiger partial charge in [-0.1, -0.05) is 13.8 Å². The number of nitrogens with zero attached hydrogens (tertiary/aromatic N) is 2. The molecule has 1 aromatic rings. The molecule has 5 nitrogen and oxygen atoms in total. The van der Waals surface area contributed by atoms with Gasteiger partial charge in [-0.05, 0) is 6.92 Å². The number of amides is 1. The second-order valence-corrected chi connectivity index (χ2v) is 5.47. The van der Waals surface area contributed by atoms with Crippen LogP contribution in [0.5, 0.6) is 0 Å². The lowest BCUT2D eigenvalue weighted by atomic mass is 10.2. The molecular formula is C11H16N2O3S. The Labute approximate surface area is 104 Å². The summed E-state index contributed by atoms with van der Waals surface area (Å²) in [5, 5.41) is 11.5. The van der Waals surface area contributed by atoms with E-state index in [4.69, 9.17) is 4.84 Å². The first-order valence-corrected chi connectivity index (χ1v) is 6.41. The van der Waals surface area contributed by atoms with Crippen molar-refractivity contribution in [1.82, 2.24) is 10.0 Å². The summed E-state index contributed by atoms with van der Waals surface area (Å²) in [6, 6.07) is 0. The lowest BCUT2D eigenvalue weighted by Gasteiger charge is -2.12. The summed E-state index contributed by atoms with van der Waals surface area (Å²) in [6.07, 6.45) is -0.586. The smallest absolute Gasteiger partial charge is 0.289 e. The Morgan fingerprint density at radius 1 is 1.65 bits per heavy atom. The van der Waals surface area contributed by atoms with Crippen LogP contribution in [-0.4, -0.2) is 40.3 Å². The van der Waals surface area contributed by atoms with E-state index < -0.39 is 6.10 Å². The fraction of sp³-hybridized carbons (Fsp3) is 0.636. The van der Waals surface area contributed by atoms with E-state index in [1.807, 2.05) is 20.8 Å². The van der Waals surface area contributed by atoms with Gasteiger partial charge in [-0.3, -0.25) is 9.63 Å². The number of aromatic nitrogens is 1. The normalized spacial score (nSPS) is 20.3. The molecular weight excluding hydrogens is 240 g/mol. The first kappa shape index (κ1) is 12.5. The Balaban J connectivity index is 2.19. The number of hydrogen-bond acceptors (Lipinski definition) is 5. The van der Waals surface area contributed by atoms with Crippen molar-refractivity contribution < 1.29 is 14.7 Å². The van der Waals surface area contributed by atoms with Crippen LogP contribution in [-0.2, 0) is 4.84 Å². The van der Waals surface area contributed by atoms with Crippen molar-refractivity contribution >= 4 is 17.2 Å². The largest absolute Gasteiger partial charge is 0.389 e. The average Bonchev–Trinajstić information content (AvgIpc) is 2.84. The molecule has 1 N–H and O–H groups in total. The predicted octanol–water partition coefficient (Wildman–Crippen LogP) is 1.32. The molecule has 1 fully saturated rings. The summed E-state index contributed by atoms with van der Waals surface area (Å²) in [6.45, 7) is 6.32. The third-order valence-electron chi connectivity index (χ3n) is 2.53. The number of aliphatic hydroxyl groups excluding tert-OH is 1. The fourth-order valence-corrected chi connectivity index (χ4v) is 2.60. The number of β-amino-alcohol motifs (C(OH)–C–C–N with tert-alkyl or cyclic N) is 1. The zero-order valence-electron chi connectivity index (χ0n) is 10.1. The molecule has 1 aromatic heterocycles. The molecule has 1 aliphatic rings. The van der Waals surface area contributed by atoms with Crippen LogP contribution in [0.2, 0.25) is 0 Å². The van der Waals surface area contributed by atoms with E-state index in [0.29, 0.717) is 10.8 Å². The van der Waals surface area contributed by atoms with Crippen LogP contribution >= 0.6 is 11.3 Å². The molecule has 6 heteroatoms. The van der Waals surface area contributed by atoms with Gasteiger partial charge in [0.05, 0.1) is 17.2 Å². The minimum absolute atomic E-state index is 0.181. The maximum Gasteiger partial charge on any atom is 0.289 e. The van der Waals surface area contributed by atoms with E-state index in [2.05, 4.69) is 4.98 Å². The SMILES string of the molecule is Cc1nc(C(C)C)sc1C(=O)N1CC(O)CO1. The second kappa shape index (κ2) is 4.72. The number of hydrogen-bond donors (Lipinski definition) is 1. The first-order chi connectivity index (χ1) is 7.99. The van der Waals surface area contributed by atoms with Crippen LogP contribution in [0.15, 0.2) is 0 Å². The summed E-state index contributed by atoms with van der Waals surface area (Å²) in [5.41, 5.74) is 0.730. The van der Waals surface area contributed by atoms with E-state index in [0.717, 1.165) is 10.7 Å². The highest BCUT2D eigenvalue weighted by Gasteiger charge is 2.29. The van der Waals surface area contributed by atoms with E-state index in [1.54, 1.807) is 0 Å². The van der Waals surface area contributed by atoms with Gasteiger partial charge in [0, 0.05) is 5.92 Å². The Morgan fingerprint density at radius 3 is 2.82 bits per heavy atom. The number of hydroxylamine groups is 2. The van der Waals surface area contributed by atoms with Crippen LogP contribution in [0.3, 0.4) is 0 Å². The number of carbonyl (C=O) groups excluding carboxylic acids is 1. The van der Waals surface area contributed by atoms with Crippen molar-refractivity contribution in [1.29, 1.82) is 0 Å². The van der Waals surface area contributed by atoms with Crippen LogP contribution in [0.25, 0.3) is 0 Å². The van der Waals surface area contributed by atoms with E-state index in [9.17, 15) is 9.90 Å². The molecule has 0 spiro atoms. The zero-order valence-corrected chi connectivity index (χ0v) is 11.0. The molecule has 2 heterocycles. The minimum atomic E-state index is -0.586. The zero-order chi connectivity index (χ0) is 12.6. The van der Waals surface area contributed by atoms with E-state index >= 15 is 0 Å². The highest BCUT2D eigenvalue weighted by molar-refractivity contribution is 7.13. The molecule has 1 amide bonds. The Bertz CT molecular complexity index is 430. The summed E-state index contributed by atoms with van der Waals surface area (Å²) in [7, 11) is 0. The Hall–Kier alpha value is -0.980. The molecule has 0 aromatic carbocycles. The van der Waals surface area contributed by atoms with Crippen molar-refractivity contribution in [2.45, 2.75) is 32.8 Å². The van der Waals surface area contributed by atoms with Gasteiger partial charge in [-0.25, -0.2) is 10.0 Å². The van der Waals surface area contributed by atoms with Crippen LogP contribution in [0.4, 0.5) is 0 Å². The fourth-order valence-electron chi connectivity index (χ4n) is 1.59. The third-order valence-corrected chi connectivity index (χ3v) is 3.97. The molecule has 94 valence electrons. The highest BCUT2D eigenvalue weighted by atomic mass is 32.1. The Morgan fingerprint density at radius 2 is 2.35 bits per heavy atom. The van der Waals surface area contributed by atoms with Gasteiger partial charge in [0.15, 0.2) is 0 Å². The third kappa shape index (κ3) is 2.48. The molecule has 0 bridgehead atoms. The summed E-state index contributed by atoms with van der Waals surface area (Å²) in [5.74, 6) is 0.105. The maximum atomic E-state index is 12.1. The van der Waals surface area contributed by atoms with Gasteiger partial charge in [-0.15, -0.1) is 11.3 Å². The second-order valence-electron chi connectivity index (χ2n) is 4.44. The lowest BCUT2D eigenvalue weighted by molar-refractivity contribution is -0.0777. The van der Waals surface area contributed by atoms with E-state index in [1.165, 1.54) is 16.4 Å². The van der Waals surface area contributed by atoms with Crippen molar-refractivity contribution in [3.63, 3.8) is 0 Å². The summed E-state index contributed by atoms with van der Waals surface area (Å²) in [4.78, 5) is 22.2. The van der Waals surface area contributed by atoms with Crippen molar-refractivity contribution in [2.75, 3.05) is 13.2 Å². The van der Waals surface area contributed by atoms with Gasteiger partial charge >= 0.3 is 0 Å². The van der Waals surface area contributed by atoms with Gasteiger partial charge in [0.1, 0.15) is 17.6 Å². The monoisotopic (exact) mass is 256 g/mol. The standard InChI is InChI=1S/C11H16N2O3S/c1-6(2)10-12-7(3)9(17-10)11(15)13-4-8(14)5-16-13/h6,8,14H,4-5H2,1-3H3. The molecule has 1 aliphatic heterocycles. The summed E-state index contributed by atoms with van der Waals surface area (Å²) < 4.78 is 0. The lowest BCUT2D eigenvalue weighted by Crippen LogP contribution is -2.28. The molecule has 1 saturated heterocycles. The van der Waals surface area contributed by atoms with E-state index in [-0.39, 0.29) is 19.1 Å². The predicted molar refractivity (Wildman–Crippen MR) is 63.9 cm³/mol. The topological polar surface area (TPSA) is 62.7 Å². The van der Waals surface area contributed by atoms with Gasteiger partial charge in [-0.2, -0.15) is 0 Å². The van der Waals surface area contributed by atoms with Gasteiger partial charge < -0.3 is 5.11 Å². The molecule has 17 heavy (non-hydrogen) atoms. The maximum absolute atomic E-state index is 12.1. The highest BCUT2D eigenvalue weighted by Crippen LogP contribution is 2.26. The van der Waals surface area contributed by atoms with Crippen molar-refractivity contribution in [3.05, 3.63) is 15.6 Å². The number of carbonyl (C=O) groups is 1. The van der Waals surface area contributed by atoms with Gasteiger partial charge in [0.2, 0.25) is 0 Å². The number of thiazole rings is 1. The average molecular weight is 256 g/mol. The Kier molecular flexibility index (Phi) is 3.46. The van der Waals surface area contributed by atoms with Crippen LogP contribution in [0.1, 0.15) is 40.1 Å². The molecule has 1 unspecified atom stereocenters. The molecule has 0 aliphatic carbocycles. The number of aliphatic hydroxyl groups is 1. The van der Waals surface area contributed by atoms with Gasteiger partial charge in [0.25, 0.3) is 5.91 Å². The first-order valence-electron chi connectivity index (χ1n) is 5.59. The van der Waals surface area contributed by atoms with Crippen molar-refractivity contribution in [3.8, 4) is 0 Å². The molecule has 1 atom stereocenters. The molecule has 2 rings (SSSR count). The number of aryl methyl sites for hydroxylation is 1. The minimum Gasteiger partial charge on any atom is -0.389 e. The summed E-state index contributed by atoms with van der Waals surface area (Å²) >= 11 is 1.40. The molecule has 0 saturated carbocycles. The van der Waals surface area contributed by atoms with Crippen LogP contribution < -0.4 is 0 Å². The van der Waals surface area contributed by atoms with Crippen molar-refractivity contribution in [2.24, 2.45) is 0 Å². The molecule has 0 radical (unpaired) electrons. The number of rotatable bonds is 2.